The van der Waals surface area contributed by atoms with Gasteiger partial charge in [0.05, 0.1) is 12.5 Å². The third-order valence-corrected chi connectivity index (χ3v) is 2.42. The molecule has 0 aromatic rings. The smallest absolute Gasteiger partial charge is 0.401 e. The lowest BCUT2D eigenvalue weighted by molar-refractivity contribution is -0.161. The number of carbonyl (C=O) groups is 1. The Labute approximate surface area is 98.9 Å². The van der Waals surface area contributed by atoms with E-state index >= 15 is 0 Å². The second-order valence-corrected chi connectivity index (χ2v) is 5.37. The Hall–Kier alpha value is -0.780. The van der Waals surface area contributed by atoms with E-state index in [1.165, 1.54) is 4.90 Å². The van der Waals surface area contributed by atoms with Gasteiger partial charge >= 0.3 is 12.1 Å². The van der Waals surface area contributed by atoms with Crippen LogP contribution in [0.15, 0.2) is 0 Å². The van der Waals surface area contributed by atoms with Crippen molar-refractivity contribution in [2.75, 3.05) is 19.6 Å². The van der Waals surface area contributed by atoms with Gasteiger partial charge in [-0.25, -0.2) is 0 Å². The number of halogens is 3. The summed E-state index contributed by atoms with van der Waals surface area (Å²) in [5.41, 5.74) is -0.589. The molecule has 0 saturated carbocycles. The van der Waals surface area contributed by atoms with E-state index in [-0.39, 0.29) is 6.54 Å². The normalized spacial score (nSPS) is 22.8. The molecule has 1 rings (SSSR count). The van der Waals surface area contributed by atoms with Gasteiger partial charge in [0.25, 0.3) is 0 Å². The molecule has 1 heterocycles. The zero-order valence-electron chi connectivity index (χ0n) is 10.3. The Bertz CT molecular complexity index is 283. The standard InChI is InChI=1S/C11H18F3NO2/c1-10(2,3)17-9(16)8-4-5-15(6-8)7-11(12,13)14/h8H,4-7H2,1-3H3. The molecule has 3 nitrogen and oxygen atoms in total. The van der Waals surface area contributed by atoms with Gasteiger partial charge in [-0.3, -0.25) is 9.69 Å². The van der Waals surface area contributed by atoms with Crippen LogP contribution in [0.25, 0.3) is 0 Å². The van der Waals surface area contributed by atoms with E-state index in [1.54, 1.807) is 20.8 Å². The van der Waals surface area contributed by atoms with Crippen LogP contribution in [0.1, 0.15) is 27.2 Å². The van der Waals surface area contributed by atoms with Crippen LogP contribution in [0.3, 0.4) is 0 Å². The van der Waals surface area contributed by atoms with E-state index in [2.05, 4.69) is 0 Å². The molecular formula is C11H18F3NO2. The van der Waals surface area contributed by atoms with E-state index < -0.39 is 30.2 Å². The summed E-state index contributed by atoms with van der Waals surface area (Å²) in [6.07, 6.45) is -3.77. The number of hydrogen-bond donors (Lipinski definition) is 0. The van der Waals surface area contributed by atoms with Gasteiger partial charge < -0.3 is 4.74 Å². The van der Waals surface area contributed by atoms with Crippen LogP contribution >= 0.6 is 0 Å². The molecule has 0 N–H and O–H groups in total. The van der Waals surface area contributed by atoms with Crippen LogP contribution in [-0.4, -0.2) is 42.3 Å². The fourth-order valence-corrected chi connectivity index (χ4v) is 1.81. The number of ether oxygens (including phenoxy) is 1. The zero-order chi connectivity index (χ0) is 13.3. The van der Waals surface area contributed by atoms with Gasteiger partial charge in [0.15, 0.2) is 0 Å². The number of likely N-dealkylation sites (tertiary alicyclic amines) is 1. The molecule has 1 aliphatic rings. The molecular weight excluding hydrogens is 235 g/mol. The molecule has 0 aromatic heterocycles. The summed E-state index contributed by atoms with van der Waals surface area (Å²) in [6, 6.07) is 0. The number of hydrogen-bond acceptors (Lipinski definition) is 3. The minimum atomic E-state index is -4.21. The van der Waals surface area contributed by atoms with Crippen molar-refractivity contribution in [3.05, 3.63) is 0 Å². The van der Waals surface area contributed by atoms with Crippen LogP contribution in [0.4, 0.5) is 13.2 Å². The maximum absolute atomic E-state index is 12.1. The van der Waals surface area contributed by atoms with Gasteiger partial charge in [-0.1, -0.05) is 0 Å². The summed E-state index contributed by atoms with van der Waals surface area (Å²) in [5, 5.41) is 0. The highest BCUT2D eigenvalue weighted by molar-refractivity contribution is 5.73. The van der Waals surface area contributed by atoms with E-state index in [9.17, 15) is 18.0 Å². The fourth-order valence-electron chi connectivity index (χ4n) is 1.81. The molecule has 1 saturated heterocycles. The van der Waals surface area contributed by atoms with Crippen LogP contribution in [0, 0.1) is 5.92 Å². The lowest BCUT2D eigenvalue weighted by Crippen LogP contribution is -2.34. The summed E-state index contributed by atoms with van der Waals surface area (Å²) >= 11 is 0. The number of alkyl halides is 3. The van der Waals surface area contributed by atoms with Crippen molar-refractivity contribution in [2.24, 2.45) is 5.92 Å². The molecule has 1 unspecified atom stereocenters. The van der Waals surface area contributed by atoms with E-state index in [0.29, 0.717) is 13.0 Å². The van der Waals surface area contributed by atoms with Gasteiger partial charge in [-0.05, 0) is 33.7 Å². The van der Waals surface area contributed by atoms with Crippen molar-refractivity contribution < 1.29 is 22.7 Å². The predicted molar refractivity (Wildman–Crippen MR) is 56.4 cm³/mol. The first-order valence-electron chi connectivity index (χ1n) is 5.59. The Kier molecular flexibility index (Phi) is 4.06. The molecule has 1 aliphatic heterocycles. The van der Waals surface area contributed by atoms with Crippen molar-refractivity contribution in [3.63, 3.8) is 0 Å². The third-order valence-electron chi connectivity index (χ3n) is 2.42. The van der Waals surface area contributed by atoms with E-state index in [4.69, 9.17) is 4.74 Å². The Morgan fingerprint density at radius 2 is 1.94 bits per heavy atom. The maximum atomic E-state index is 12.1. The summed E-state index contributed by atoms with van der Waals surface area (Å²) in [4.78, 5) is 12.9. The molecule has 6 heteroatoms. The molecule has 17 heavy (non-hydrogen) atoms. The molecule has 1 atom stereocenters. The predicted octanol–water partition coefficient (Wildman–Crippen LogP) is 2.21. The van der Waals surface area contributed by atoms with Crippen LogP contribution in [-0.2, 0) is 9.53 Å². The largest absolute Gasteiger partial charge is 0.460 e. The Morgan fingerprint density at radius 3 is 2.41 bits per heavy atom. The number of rotatable bonds is 2. The number of carbonyl (C=O) groups excluding carboxylic acids is 1. The summed E-state index contributed by atoms with van der Waals surface area (Å²) in [5.74, 6) is -0.834. The topological polar surface area (TPSA) is 29.5 Å². The first-order valence-corrected chi connectivity index (χ1v) is 5.59. The maximum Gasteiger partial charge on any atom is 0.401 e. The Balaban J connectivity index is 2.43. The van der Waals surface area contributed by atoms with Crippen molar-refractivity contribution in [3.8, 4) is 0 Å². The Morgan fingerprint density at radius 1 is 1.35 bits per heavy atom. The van der Waals surface area contributed by atoms with Gasteiger partial charge in [-0.15, -0.1) is 0 Å². The molecule has 0 amide bonds. The third kappa shape index (κ3) is 5.39. The van der Waals surface area contributed by atoms with Gasteiger partial charge in [0, 0.05) is 6.54 Å². The molecule has 0 aliphatic carbocycles. The first kappa shape index (κ1) is 14.3. The molecule has 1 fully saturated rings. The fraction of sp³-hybridized carbons (Fsp3) is 0.909. The lowest BCUT2D eigenvalue weighted by Gasteiger charge is -2.22. The summed E-state index contributed by atoms with van der Waals surface area (Å²) in [6.45, 7) is 4.71. The van der Waals surface area contributed by atoms with Gasteiger partial charge in [0.2, 0.25) is 0 Å². The van der Waals surface area contributed by atoms with E-state index in [1.807, 2.05) is 0 Å². The average molecular weight is 253 g/mol. The molecule has 0 bridgehead atoms. The SMILES string of the molecule is CC(C)(C)OC(=O)C1CCN(CC(F)(F)F)C1. The second kappa shape index (κ2) is 4.84. The van der Waals surface area contributed by atoms with Crippen LogP contribution in [0.5, 0.6) is 0 Å². The number of esters is 1. The second-order valence-electron chi connectivity index (χ2n) is 5.37. The number of nitrogens with zero attached hydrogens (tertiary/aromatic N) is 1. The quantitative estimate of drug-likeness (QED) is 0.707. The monoisotopic (exact) mass is 253 g/mol. The molecule has 100 valence electrons. The van der Waals surface area contributed by atoms with Crippen molar-refractivity contribution >= 4 is 5.97 Å². The van der Waals surface area contributed by atoms with Crippen LogP contribution < -0.4 is 0 Å². The summed E-state index contributed by atoms with van der Waals surface area (Å²) in [7, 11) is 0. The van der Waals surface area contributed by atoms with E-state index in [0.717, 1.165) is 0 Å². The highest BCUT2D eigenvalue weighted by atomic mass is 19.4. The van der Waals surface area contributed by atoms with Crippen molar-refractivity contribution in [1.29, 1.82) is 0 Å². The van der Waals surface area contributed by atoms with Crippen LogP contribution in [0.2, 0.25) is 0 Å². The van der Waals surface area contributed by atoms with Gasteiger partial charge in [-0.2, -0.15) is 13.2 Å². The minimum absolute atomic E-state index is 0.133. The molecule has 0 aromatic carbocycles. The summed E-state index contributed by atoms with van der Waals surface area (Å²) < 4.78 is 41.6. The van der Waals surface area contributed by atoms with Gasteiger partial charge in [0.1, 0.15) is 5.60 Å². The van der Waals surface area contributed by atoms with Crippen molar-refractivity contribution in [1.82, 2.24) is 4.90 Å². The average Bonchev–Trinajstić information content (AvgIpc) is 2.45. The highest BCUT2D eigenvalue weighted by Gasteiger charge is 2.37. The zero-order valence-corrected chi connectivity index (χ0v) is 10.3. The lowest BCUT2D eigenvalue weighted by atomic mass is 10.1. The highest BCUT2D eigenvalue weighted by Crippen LogP contribution is 2.24. The minimum Gasteiger partial charge on any atom is -0.460 e. The molecule has 0 spiro atoms. The molecule has 0 radical (unpaired) electrons. The first-order chi connectivity index (χ1) is 7.57. The van der Waals surface area contributed by atoms with Crippen molar-refractivity contribution in [2.45, 2.75) is 39.0 Å².